The van der Waals surface area contributed by atoms with E-state index in [9.17, 15) is 4.79 Å². The van der Waals surface area contributed by atoms with Gasteiger partial charge in [0, 0.05) is 56.2 Å². The average Bonchev–Trinajstić information content (AvgIpc) is 4.15. The fourth-order valence-electron chi connectivity index (χ4n) is 7.60. The molecule has 2 aliphatic rings. The minimum atomic E-state index is -0.149. The summed E-state index contributed by atoms with van der Waals surface area (Å²) in [6.07, 6.45) is 5.13. The van der Waals surface area contributed by atoms with Crippen molar-refractivity contribution in [2.24, 2.45) is 0 Å². The third kappa shape index (κ3) is 9.96. The number of hydrogen-bond acceptors (Lipinski definition) is 13. The molecule has 4 N–H and O–H groups in total. The predicted molar refractivity (Wildman–Crippen MR) is 242 cm³/mol. The van der Waals surface area contributed by atoms with Gasteiger partial charge in [-0.05, 0) is 99.2 Å². The van der Waals surface area contributed by atoms with Crippen LogP contribution in [0.1, 0.15) is 19.3 Å². The first kappa shape index (κ1) is 41.2. The highest BCUT2D eigenvalue weighted by molar-refractivity contribution is 5.94. The molecule has 0 spiro atoms. The third-order valence-corrected chi connectivity index (χ3v) is 10.8. The van der Waals surface area contributed by atoms with Gasteiger partial charge >= 0.3 is 0 Å². The Bertz CT molecular complexity index is 2850. The number of fused-ring (bicyclic) bond motifs is 2. The topological polar surface area (TPSA) is 191 Å². The Morgan fingerprint density at radius 3 is 1.52 bits per heavy atom. The van der Waals surface area contributed by atoms with Gasteiger partial charge in [-0.2, -0.15) is 15.5 Å². The molecule has 16 nitrogen and oxygen atoms in total. The lowest BCUT2D eigenvalue weighted by atomic mass is 10.2. The summed E-state index contributed by atoms with van der Waals surface area (Å²) >= 11 is 0. The van der Waals surface area contributed by atoms with Crippen molar-refractivity contribution in [1.82, 2.24) is 40.2 Å². The SMILES string of the molecule is CN1CC[C@@H](Nc2n[nH]c3nccc(Oc4ccc(Oc5ccccc5)cc4)c23)C1.N#CCC(=O)N1CC[C@@H](Nc2n[nH]c3nccc(Oc4ccc(Oc5ccccc5)cc4)c23)C1. The predicted octanol–water partition coefficient (Wildman–Crippen LogP) is 9.13. The van der Waals surface area contributed by atoms with E-state index in [4.69, 9.17) is 24.2 Å². The number of H-pyrrole nitrogens is 2. The van der Waals surface area contributed by atoms with Crippen LogP contribution in [0.25, 0.3) is 22.1 Å². The number of nitriles is 1. The maximum absolute atomic E-state index is 12.0. The quantitative estimate of drug-likeness (QED) is 0.0859. The van der Waals surface area contributed by atoms with Gasteiger partial charge in [-0.3, -0.25) is 15.0 Å². The van der Waals surface area contributed by atoms with Gasteiger partial charge in [0.25, 0.3) is 0 Å². The molecule has 2 aliphatic heterocycles. The van der Waals surface area contributed by atoms with E-state index in [2.05, 4.69) is 52.9 Å². The number of carbonyl (C=O) groups excluding carboxylic acids is 1. The number of rotatable bonds is 13. The Morgan fingerprint density at radius 1 is 0.625 bits per heavy atom. The highest BCUT2D eigenvalue weighted by atomic mass is 16.5. The van der Waals surface area contributed by atoms with Crippen molar-refractivity contribution in [2.45, 2.75) is 31.3 Å². The number of benzene rings is 4. The minimum absolute atomic E-state index is 0.0246. The molecule has 1 amide bonds. The van der Waals surface area contributed by atoms with Crippen LogP contribution in [0.3, 0.4) is 0 Å². The van der Waals surface area contributed by atoms with Crippen LogP contribution in [0.2, 0.25) is 0 Å². The smallest absolute Gasteiger partial charge is 0.236 e. The van der Waals surface area contributed by atoms with E-state index in [0.717, 1.165) is 65.5 Å². The first-order valence-electron chi connectivity index (χ1n) is 21.0. The Labute approximate surface area is 368 Å². The van der Waals surface area contributed by atoms with E-state index in [-0.39, 0.29) is 18.4 Å². The van der Waals surface area contributed by atoms with Gasteiger partial charge in [-0.15, -0.1) is 0 Å². The van der Waals surface area contributed by atoms with Crippen LogP contribution in [0.15, 0.2) is 134 Å². The molecule has 0 radical (unpaired) electrons. The van der Waals surface area contributed by atoms with Crippen LogP contribution in [0.5, 0.6) is 46.0 Å². The van der Waals surface area contributed by atoms with Crippen molar-refractivity contribution in [3.63, 3.8) is 0 Å². The molecular formula is C48H45N11O5. The summed E-state index contributed by atoms with van der Waals surface area (Å²) in [6.45, 7) is 3.21. The Balaban J connectivity index is 0.000000163. The molecule has 16 heteroatoms. The summed E-state index contributed by atoms with van der Waals surface area (Å²) in [6, 6.07) is 40.2. The van der Waals surface area contributed by atoms with Crippen LogP contribution in [0, 0.1) is 11.3 Å². The normalized spacial score (nSPS) is 15.8. The number of nitrogens with one attached hydrogen (secondary N) is 4. The van der Waals surface area contributed by atoms with Crippen LogP contribution < -0.4 is 29.6 Å². The Kier molecular flexibility index (Phi) is 12.4. The number of aromatic amines is 2. The average molecular weight is 856 g/mol. The van der Waals surface area contributed by atoms with Gasteiger partial charge in [0.15, 0.2) is 22.9 Å². The number of nitrogens with zero attached hydrogens (tertiary/aromatic N) is 7. The lowest BCUT2D eigenvalue weighted by Gasteiger charge is -2.16. The third-order valence-electron chi connectivity index (χ3n) is 10.8. The van der Waals surface area contributed by atoms with Crippen LogP contribution >= 0.6 is 0 Å². The molecule has 0 saturated carbocycles. The van der Waals surface area contributed by atoms with Gasteiger partial charge in [-0.25, -0.2) is 9.97 Å². The monoisotopic (exact) mass is 855 g/mol. The lowest BCUT2D eigenvalue weighted by Crippen LogP contribution is -2.31. The molecule has 0 unspecified atom stereocenters. The number of hydrogen-bond donors (Lipinski definition) is 4. The summed E-state index contributed by atoms with van der Waals surface area (Å²) < 4.78 is 24.0. The number of likely N-dealkylation sites (tertiary alicyclic amines) is 2. The summed E-state index contributed by atoms with van der Waals surface area (Å²) in [5.74, 6) is 6.95. The number of amides is 1. The second kappa shape index (κ2) is 19.3. The number of para-hydroxylation sites is 2. The molecule has 0 bridgehead atoms. The highest BCUT2D eigenvalue weighted by Gasteiger charge is 2.28. The van der Waals surface area contributed by atoms with E-state index in [1.54, 1.807) is 23.4 Å². The molecular weight excluding hydrogens is 811 g/mol. The van der Waals surface area contributed by atoms with Crippen molar-refractivity contribution >= 4 is 39.6 Å². The number of pyridine rings is 2. The summed E-state index contributed by atoms with van der Waals surface area (Å²) in [4.78, 5) is 24.7. The maximum atomic E-state index is 12.0. The molecule has 6 heterocycles. The van der Waals surface area contributed by atoms with Crippen LogP contribution in [-0.2, 0) is 4.79 Å². The zero-order chi connectivity index (χ0) is 43.7. The molecule has 0 aliphatic carbocycles. The number of likely N-dealkylation sites (N-methyl/N-ethyl adjacent to an activating group) is 1. The fourth-order valence-corrected chi connectivity index (χ4v) is 7.60. The van der Waals surface area contributed by atoms with Crippen LogP contribution in [0.4, 0.5) is 11.6 Å². The Hall–Kier alpha value is -8.16. The molecule has 10 rings (SSSR count). The first-order chi connectivity index (χ1) is 31.4. The molecule has 2 fully saturated rings. The fraction of sp³-hybridized carbons (Fsp3) is 0.208. The largest absolute Gasteiger partial charge is 0.457 e. The number of aromatic nitrogens is 6. The summed E-state index contributed by atoms with van der Waals surface area (Å²) in [5, 5.41) is 32.0. The maximum Gasteiger partial charge on any atom is 0.236 e. The summed E-state index contributed by atoms with van der Waals surface area (Å²) in [7, 11) is 2.13. The van der Waals surface area contributed by atoms with Crippen LogP contribution in [-0.4, -0.2) is 91.4 Å². The van der Waals surface area contributed by atoms with Crippen molar-refractivity contribution in [2.75, 3.05) is 43.9 Å². The second-order valence-electron chi connectivity index (χ2n) is 15.4. The second-order valence-corrected chi connectivity index (χ2v) is 15.4. The van der Waals surface area contributed by atoms with Gasteiger partial charge in [0.05, 0.1) is 6.07 Å². The van der Waals surface area contributed by atoms with Gasteiger partial charge in [0.1, 0.15) is 63.2 Å². The highest BCUT2D eigenvalue weighted by Crippen LogP contribution is 2.36. The minimum Gasteiger partial charge on any atom is -0.457 e. The van der Waals surface area contributed by atoms with E-state index in [1.807, 2.05) is 121 Å². The lowest BCUT2D eigenvalue weighted by molar-refractivity contribution is -0.129. The molecule has 8 aromatic rings. The first-order valence-corrected chi connectivity index (χ1v) is 21.0. The van der Waals surface area contributed by atoms with Crippen molar-refractivity contribution < 1.29 is 23.7 Å². The molecule has 4 aromatic heterocycles. The van der Waals surface area contributed by atoms with E-state index < -0.39 is 0 Å². The van der Waals surface area contributed by atoms with E-state index in [0.29, 0.717) is 59.2 Å². The van der Waals surface area contributed by atoms with Crippen molar-refractivity contribution in [3.8, 4) is 52.1 Å². The zero-order valence-electron chi connectivity index (χ0n) is 35.0. The molecule has 322 valence electrons. The van der Waals surface area contributed by atoms with Gasteiger partial charge in [0.2, 0.25) is 5.91 Å². The Morgan fingerprint density at radius 2 is 1.06 bits per heavy atom. The van der Waals surface area contributed by atoms with Gasteiger partial charge < -0.3 is 39.4 Å². The molecule has 4 aromatic carbocycles. The number of ether oxygens (including phenoxy) is 4. The number of anilines is 2. The number of carbonyl (C=O) groups is 1. The standard InChI is InChI=1S/C25H22N6O3.C23H23N5O2/c26-13-10-22(32)31-15-12-17(16-31)28-25-23-21(11-14-27-24(23)29-30-25)34-20-8-6-19(7-9-20)33-18-4-2-1-3-5-18;1-28-14-12-16(15-28)25-23-21-20(11-13-24-22(21)26-27-23)30-19-9-7-18(8-10-19)29-17-5-3-2-4-6-17/h1-9,11,14,17H,10,12,15-16H2,(H2,27,28,29,30);2-11,13,16H,12,14-15H2,1H3,(H2,24,25,26,27)/t17-;16-/m11/s1. The summed E-state index contributed by atoms with van der Waals surface area (Å²) in [5.41, 5.74) is 1.30. The molecule has 2 saturated heterocycles. The van der Waals surface area contributed by atoms with E-state index >= 15 is 0 Å². The molecule has 64 heavy (non-hydrogen) atoms. The molecule has 2 atom stereocenters. The van der Waals surface area contributed by atoms with Crippen molar-refractivity contribution in [1.29, 1.82) is 5.26 Å². The van der Waals surface area contributed by atoms with Crippen molar-refractivity contribution in [3.05, 3.63) is 134 Å². The van der Waals surface area contributed by atoms with Gasteiger partial charge in [-0.1, -0.05) is 36.4 Å². The van der Waals surface area contributed by atoms with E-state index in [1.165, 1.54) is 0 Å². The zero-order valence-corrected chi connectivity index (χ0v) is 35.0.